The number of unbranched alkanes of at least 4 members (excludes halogenated alkanes) is 1. The van der Waals surface area contributed by atoms with Gasteiger partial charge in [-0.2, -0.15) is 0 Å². The normalized spacial score (nSPS) is 14.5. The molecule has 0 N–H and O–H groups in total. The summed E-state index contributed by atoms with van der Waals surface area (Å²) >= 11 is 0. The van der Waals surface area contributed by atoms with E-state index < -0.39 is 0 Å². The summed E-state index contributed by atoms with van der Waals surface area (Å²) in [5, 5.41) is 0. The molecule has 2 aromatic heterocycles. The maximum absolute atomic E-state index is 4.32. The maximum atomic E-state index is 4.32. The van der Waals surface area contributed by atoms with Crippen molar-refractivity contribution in [3.05, 3.63) is 97.6 Å². The standard InChI is InChI=1S/C28H28N6/c1-3-13-27-25(11-1)31(21-33(27)23-9-7-15-29-19-23)17-5-6-18-32-22-34(24-10-8-16-30-20-24)28-14-4-2-12-26(28)32/h1-4,7-16,19-20H,5-6,17-18,21-22H2. The lowest BCUT2D eigenvalue weighted by atomic mass is 10.2. The molecule has 6 heteroatoms. The largest absolute Gasteiger partial charge is 0.352 e. The number of benzene rings is 2. The zero-order chi connectivity index (χ0) is 22.7. The van der Waals surface area contributed by atoms with Gasteiger partial charge in [0, 0.05) is 25.5 Å². The minimum absolute atomic E-state index is 0.867. The highest BCUT2D eigenvalue weighted by Gasteiger charge is 2.28. The lowest BCUT2D eigenvalue weighted by Gasteiger charge is -2.23. The van der Waals surface area contributed by atoms with Crippen molar-refractivity contribution in [2.75, 3.05) is 46.0 Å². The van der Waals surface area contributed by atoms with Crippen molar-refractivity contribution in [1.29, 1.82) is 0 Å². The van der Waals surface area contributed by atoms with Crippen LogP contribution < -0.4 is 19.6 Å². The molecule has 0 amide bonds. The molecule has 6 nitrogen and oxygen atoms in total. The first-order valence-electron chi connectivity index (χ1n) is 11.9. The van der Waals surface area contributed by atoms with E-state index in [4.69, 9.17) is 0 Å². The summed E-state index contributed by atoms with van der Waals surface area (Å²) in [5.74, 6) is 0. The topological polar surface area (TPSA) is 38.7 Å². The highest BCUT2D eigenvalue weighted by Crippen LogP contribution is 2.41. The van der Waals surface area contributed by atoms with Crippen LogP contribution in [0, 0.1) is 0 Å². The molecule has 0 saturated carbocycles. The SMILES string of the molecule is c1cncc(N2CN(CCCCN3CN(c4cccnc4)c4ccccc43)c3ccccc32)c1. The Labute approximate surface area is 200 Å². The van der Waals surface area contributed by atoms with Gasteiger partial charge >= 0.3 is 0 Å². The number of para-hydroxylation sites is 4. The van der Waals surface area contributed by atoms with Crippen LogP contribution in [0.5, 0.6) is 0 Å². The molecule has 6 rings (SSSR count). The van der Waals surface area contributed by atoms with Crippen molar-refractivity contribution in [3.8, 4) is 0 Å². The quantitative estimate of drug-likeness (QED) is 0.333. The lowest BCUT2D eigenvalue weighted by Crippen LogP contribution is -2.31. The Bertz CT molecular complexity index is 1150. The summed E-state index contributed by atoms with van der Waals surface area (Å²) in [6, 6.07) is 25.6. The van der Waals surface area contributed by atoms with Gasteiger partial charge in [0.2, 0.25) is 0 Å². The second-order valence-electron chi connectivity index (χ2n) is 8.77. The summed E-state index contributed by atoms with van der Waals surface area (Å²) in [6.45, 7) is 3.81. The molecule has 4 aromatic rings. The van der Waals surface area contributed by atoms with Gasteiger partial charge in [-0.1, -0.05) is 24.3 Å². The fourth-order valence-corrected chi connectivity index (χ4v) is 5.02. The van der Waals surface area contributed by atoms with Gasteiger partial charge < -0.3 is 19.6 Å². The predicted octanol–water partition coefficient (Wildman–Crippen LogP) is 5.79. The first-order chi connectivity index (χ1) is 16.9. The third kappa shape index (κ3) is 3.81. The van der Waals surface area contributed by atoms with Gasteiger partial charge in [-0.25, -0.2) is 0 Å². The average Bonchev–Trinajstić information content (AvgIpc) is 3.47. The Kier molecular flexibility index (Phi) is 5.47. The molecule has 0 radical (unpaired) electrons. The maximum Gasteiger partial charge on any atom is 0.0953 e. The van der Waals surface area contributed by atoms with Crippen LogP contribution in [-0.4, -0.2) is 36.4 Å². The Hall–Kier alpha value is -4.06. The molecule has 2 aromatic carbocycles. The number of anilines is 6. The summed E-state index contributed by atoms with van der Waals surface area (Å²) < 4.78 is 0. The zero-order valence-electron chi connectivity index (χ0n) is 19.2. The van der Waals surface area contributed by atoms with Crippen molar-refractivity contribution in [3.63, 3.8) is 0 Å². The van der Waals surface area contributed by atoms with Gasteiger partial charge in [0.1, 0.15) is 0 Å². The van der Waals surface area contributed by atoms with Crippen LogP contribution >= 0.6 is 0 Å². The molecule has 4 heterocycles. The zero-order valence-corrected chi connectivity index (χ0v) is 19.2. The molecular formula is C28H28N6. The fraction of sp³-hybridized carbons (Fsp3) is 0.214. The first kappa shape index (κ1) is 20.5. The highest BCUT2D eigenvalue weighted by atomic mass is 15.4. The molecule has 2 aliphatic rings. The minimum Gasteiger partial charge on any atom is -0.352 e. The second kappa shape index (κ2) is 9.06. The van der Waals surface area contributed by atoms with Crippen molar-refractivity contribution in [2.24, 2.45) is 0 Å². The van der Waals surface area contributed by atoms with E-state index in [2.05, 4.69) is 90.2 Å². The third-order valence-corrected chi connectivity index (χ3v) is 6.67. The molecule has 0 fully saturated rings. The Morgan fingerprint density at radius 1 is 0.529 bits per heavy atom. The van der Waals surface area contributed by atoms with Crippen molar-refractivity contribution >= 4 is 34.1 Å². The highest BCUT2D eigenvalue weighted by molar-refractivity contribution is 5.83. The van der Waals surface area contributed by atoms with Gasteiger partial charge in [-0.15, -0.1) is 0 Å². The second-order valence-corrected chi connectivity index (χ2v) is 8.77. The number of hydrogen-bond acceptors (Lipinski definition) is 6. The molecule has 0 spiro atoms. The van der Waals surface area contributed by atoms with Gasteiger partial charge in [-0.3, -0.25) is 9.97 Å². The molecule has 34 heavy (non-hydrogen) atoms. The summed E-state index contributed by atoms with van der Waals surface area (Å²) in [5.41, 5.74) is 7.41. The lowest BCUT2D eigenvalue weighted by molar-refractivity contribution is 0.678. The molecule has 0 atom stereocenters. The number of rotatable bonds is 7. The number of fused-ring (bicyclic) bond motifs is 2. The Morgan fingerprint density at radius 2 is 0.971 bits per heavy atom. The molecular weight excluding hydrogens is 420 g/mol. The molecule has 0 aliphatic carbocycles. The monoisotopic (exact) mass is 448 g/mol. The Morgan fingerprint density at radius 3 is 1.38 bits per heavy atom. The van der Waals surface area contributed by atoms with E-state index in [0.717, 1.165) is 50.6 Å². The fourth-order valence-electron chi connectivity index (χ4n) is 5.02. The number of pyridine rings is 2. The van der Waals surface area contributed by atoms with Gasteiger partial charge in [0.05, 0.1) is 59.9 Å². The Balaban J connectivity index is 1.10. The molecule has 2 aliphatic heterocycles. The average molecular weight is 449 g/mol. The van der Waals surface area contributed by atoms with Crippen LogP contribution in [0.15, 0.2) is 97.6 Å². The smallest absolute Gasteiger partial charge is 0.0953 e. The van der Waals surface area contributed by atoms with E-state index in [1.165, 1.54) is 22.7 Å². The molecule has 170 valence electrons. The third-order valence-electron chi connectivity index (χ3n) is 6.67. The van der Waals surface area contributed by atoms with Crippen molar-refractivity contribution < 1.29 is 0 Å². The summed E-state index contributed by atoms with van der Waals surface area (Å²) in [4.78, 5) is 18.3. The molecule has 0 unspecified atom stereocenters. The van der Waals surface area contributed by atoms with Gasteiger partial charge in [0.15, 0.2) is 0 Å². The van der Waals surface area contributed by atoms with E-state index in [1.807, 2.05) is 36.9 Å². The van der Waals surface area contributed by atoms with Crippen LogP contribution in [0.25, 0.3) is 0 Å². The van der Waals surface area contributed by atoms with E-state index in [-0.39, 0.29) is 0 Å². The van der Waals surface area contributed by atoms with E-state index in [9.17, 15) is 0 Å². The molecule has 0 bridgehead atoms. The van der Waals surface area contributed by atoms with Crippen LogP contribution in [0.3, 0.4) is 0 Å². The number of nitrogens with zero attached hydrogens (tertiary/aromatic N) is 6. The first-order valence-corrected chi connectivity index (χ1v) is 11.9. The van der Waals surface area contributed by atoms with E-state index in [1.54, 1.807) is 0 Å². The summed E-state index contributed by atoms with van der Waals surface area (Å²) in [6.07, 6.45) is 9.82. The van der Waals surface area contributed by atoms with Crippen LogP contribution in [-0.2, 0) is 0 Å². The van der Waals surface area contributed by atoms with Crippen LogP contribution in [0.2, 0.25) is 0 Å². The van der Waals surface area contributed by atoms with Crippen molar-refractivity contribution in [1.82, 2.24) is 9.97 Å². The summed E-state index contributed by atoms with van der Waals surface area (Å²) in [7, 11) is 0. The number of hydrogen-bond donors (Lipinski definition) is 0. The van der Waals surface area contributed by atoms with Gasteiger partial charge in [-0.05, 0) is 61.4 Å². The van der Waals surface area contributed by atoms with Gasteiger partial charge in [0.25, 0.3) is 0 Å². The van der Waals surface area contributed by atoms with E-state index >= 15 is 0 Å². The number of aromatic nitrogens is 2. The van der Waals surface area contributed by atoms with Crippen molar-refractivity contribution in [2.45, 2.75) is 12.8 Å². The minimum atomic E-state index is 0.867. The predicted molar refractivity (Wildman–Crippen MR) is 139 cm³/mol. The van der Waals surface area contributed by atoms with Crippen LogP contribution in [0.1, 0.15) is 12.8 Å². The molecule has 0 saturated heterocycles. The van der Waals surface area contributed by atoms with Crippen LogP contribution in [0.4, 0.5) is 34.1 Å². The van der Waals surface area contributed by atoms with E-state index in [0.29, 0.717) is 0 Å².